The predicted octanol–water partition coefficient (Wildman–Crippen LogP) is 2.71. The normalized spacial score (nSPS) is 10.4. The van der Waals surface area contributed by atoms with Gasteiger partial charge >= 0.3 is 5.97 Å². The third-order valence-corrected chi connectivity index (χ3v) is 3.60. The van der Waals surface area contributed by atoms with Gasteiger partial charge in [0.05, 0.1) is 17.9 Å². The fourth-order valence-electron chi connectivity index (χ4n) is 2.09. The smallest absolute Gasteiger partial charge is 0.340 e. The molecule has 24 heavy (non-hydrogen) atoms. The van der Waals surface area contributed by atoms with Crippen LogP contribution in [0.3, 0.4) is 0 Å². The van der Waals surface area contributed by atoms with Crippen molar-refractivity contribution in [1.82, 2.24) is 0 Å². The van der Waals surface area contributed by atoms with Crippen LogP contribution in [0.1, 0.15) is 37.0 Å². The van der Waals surface area contributed by atoms with Crippen LogP contribution in [0, 0.1) is 0 Å². The Labute approximate surface area is 144 Å². The van der Waals surface area contributed by atoms with Crippen LogP contribution in [0.15, 0.2) is 18.2 Å². The van der Waals surface area contributed by atoms with Gasteiger partial charge in [-0.05, 0) is 31.5 Å². The molecule has 0 heterocycles. The number of unbranched alkanes of at least 4 members (excludes halogenated alkanes) is 1. The molecular weight excluding hydrogens is 308 g/mol. The zero-order valence-corrected chi connectivity index (χ0v) is 15.3. The summed E-state index contributed by atoms with van der Waals surface area (Å²) < 4.78 is 10.5. The van der Waals surface area contributed by atoms with Crippen molar-refractivity contribution in [3.05, 3.63) is 23.8 Å². The highest BCUT2D eigenvalue weighted by Crippen LogP contribution is 2.26. The van der Waals surface area contributed by atoms with Gasteiger partial charge in [-0.25, -0.2) is 4.79 Å². The number of rotatable bonds is 9. The number of likely N-dealkylation sites (N-methyl/N-ethyl adjacent to an activating group) is 1. The second-order valence-corrected chi connectivity index (χ2v) is 5.68. The summed E-state index contributed by atoms with van der Waals surface area (Å²) in [6.07, 6.45) is 1.93. The van der Waals surface area contributed by atoms with Crippen molar-refractivity contribution in [3.63, 3.8) is 0 Å². The van der Waals surface area contributed by atoms with Crippen molar-refractivity contribution >= 4 is 23.3 Å². The Balaban J connectivity index is 3.01. The Hall–Kier alpha value is -2.08. The van der Waals surface area contributed by atoms with Crippen LogP contribution in [0.5, 0.6) is 0 Å². The summed E-state index contributed by atoms with van der Waals surface area (Å²) in [5.41, 5.74) is 1.78. The number of nitrogens with zero attached hydrogens (tertiary/aromatic N) is 2. The molecule has 0 aromatic heterocycles. The first kappa shape index (κ1) is 20.0. The van der Waals surface area contributed by atoms with E-state index in [1.807, 2.05) is 25.1 Å². The van der Waals surface area contributed by atoms with E-state index in [-0.39, 0.29) is 19.1 Å². The summed E-state index contributed by atoms with van der Waals surface area (Å²) in [5, 5.41) is 0. The van der Waals surface area contributed by atoms with Crippen LogP contribution in [0.25, 0.3) is 0 Å². The van der Waals surface area contributed by atoms with Gasteiger partial charge in [-0.15, -0.1) is 0 Å². The van der Waals surface area contributed by atoms with Crippen LogP contribution >= 0.6 is 0 Å². The van der Waals surface area contributed by atoms with E-state index in [1.165, 1.54) is 4.90 Å². The molecule has 0 radical (unpaired) electrons. The van der Waals surface area contributed by atoms with E-state index in [9.17, 15) is 9.59 Å². The van der Waals surface area contributed by atoms with Crippen LogP contribution in [0.2, 0.25) is 0 Å². The maximum atomic E-state index is 12.4. The average Bonchev–Trinajstić information content (AvgIpc) is 2.57. The van der Waals surface area contributed by atoms with Gasteiger partial charge in [-0.3, -0.25) is 4.79 Å². The SMILES string of the molecule is CCCCOCC(=O)N(C)c1cc(N(C)C)ccc1C(=O)OCC. The predicted molar refractivity (Wildman–Crippen MR) is 95.9 cm³/mol. The topological polar surface area (TPSA) is 59.1 Å². The second kappa shape index (κ2) is 9.93. The molecule has 0 unspecified atom stereocenters. The number of anilines is 2. The van der Waals surface area contributed by atoms with Crippen molar-refractivity contribution in [2.75, 3.05) is 50.8 Å². The van der Waals surface area contributed by atoms with E-state index < -0.39 is 5.97 Å². The van der Waals surface area contributed by atoms with Crippen molar-refractivity contribution in [1.29, 1.82) is 0 Å². The van der Waals surface area contributed by atoms with Gasteiger partial charge in [-0.2, -0.15) is 0 Å². The number of amides is 1. The Morgan fingerprint density at radius 3 is 2.42 bits per heavy atom. The first-order chi connectivity index (χ1) is 11.4. The van der Waals surface area contributed by atoms with Gasteiger partial charge in [0.25, 0.3) is 5.91 Å². The number of ether oxygens (including phenoxy) is 2. The van der Waals surface area contributed by atoms with Crippen molar-refractivity contribution in [2.24, 2.45) is 0 Å². The second-order valence-electron chi connectivity index (χ2n) is 5.68. The lowest BCUT2D eigenvalue weighted by Gasteiger charge is -2.23. The van der Waals surface area contributed by atoms with E-state index in [2.05, 4.69) is 6.92 Å². The summed E-state index contributed by atoms with van der Waals surface area (Å²) in [7, 11) is 5.45. The first-order valence-corrected chi connectivity index (χ1v) is 8.25. The number of benzene rings is 1. The third-order valence-electron chi connectivity index (χ3n) is 3.60. The summed E-state index contributed by atoms with van der Waals surface area (Å²) in [5.74, 6) is -0.642. The molecular formula is C18H28N2O4. The van der Waals surface area contributed by atoms with Crippen molar-refractivity contribution in [3.8, 4) is 0 Å². The van der Waals surface area contributed by atoms with Crippen LogP contribution < -0.4 is 9.80 Å². The molecule has 134 valence electrons. The third kappa shape index (κ3) is 5.53. The lowest BCUT2D eigenvalue weighted by Crippen LogP contribution is -2.32. The molecule has 0 aliphatic heterocycles. The molecule has 0 saturated heterocycles. The van der Waals surface area contributed by atoms with Crippen LogP contribution in [-0.2, 0) is 14.3 Å². The zero-order valence-electron chi connectivity index (χ0n) is 15.3. The highest BCUT2D eigenvalue weighted by molar-refractivity contribution is 6.03. The van der Waals surface area contributed by atoms with E-state index in [0.29, 0.717) is 17.9 Å². The average molecular weight is 336 g/mol. The van der Waals surface area contributed by atoms with Gasteiger partial charge in [0, 0.05) is 33.4 Å². The van der Waals surface area contributed by atoms with Gasteiger partial charge in [0.15, 0.2) is 0 Å². The highest BCUT2D eigenvalue weighted by atomic mass is 16.5. The van der Waals surface area contributed by atoms with E-state index in [0.717, 1.165) is 18.5 Å². The molecule has 1 aromatic carbocycles. The van der Waals surface area contributed by atoms with Crippen LogP contribution in [0.4, 0.5) is 11.4 Å². The lowest BCUT2D eigenvalue weighted by atomic mass is 10.1. The molecule has 0 spiro atoms. The fraction of sp³-hybridized carbons (Fsp3) is 0.556. The standard InChI is InChI=1S/C18H28N2O4/c1-6-8-11-23-13-17(21)20(5)16-12-14(19(3)4)9-10-15(16)18(22)24-7-2/h9-10,12H,6-8,11,13H2,1-5H3. The number of esters is 1. The minimum atomic E-state index is -0.440. The Kier molecular flexibility index (Phi) is 8.26. The van der Waals surface area contributed by atoms with E-state index in [4.69, 9.17) is 9.47 Å². The van der Waals surface area contributed by atoms with Crippen LogP contribution in [-0.4, -0.2) is 52.8 Å². The largest absolute Gasteiger partial charge is 0.462 e. The summed E-state index contributed by atoms with van der Waals surface area (Å²) in [4.78, 5) is 27.9. The highest BCUT2D eigenvalue weighted by Gasteiger charge is 2.20. The Morgan fingerprint density at radius 1 is 1.12 bits per heavy atom. The first-order valence-electron chi connectivity index (χ1n) is 8.25. The molecule has 0 fully saturated rings. The molecule has 0 N–H and O–H groups in total. The van der Waals surface area contributed by atoms with Gasteiger partial charge < -0.3 is 19.3 Å². The molecule has 0 saturated carbocycles. The van der Waals surface area contributed by atoms with Gasteiger partial charge in [0.2, 0.25) is 0 Å². The summed E-state index contributed by atoms with van der Waals surface area (Å²) in [6.45, 7) is 4.65. The lowest BCUT2D eigenvalue weighted by molar-refractivity contribution is -0.122. The monoisotopic (exact) mass is 336 g/mol. The molecule has 0 bridgehead atoms. The summed E-state index contributed by atoms with van der Waals surface area (Å²) in [6, 6.07) is 5.31. The quantitative estimate of drug-likeness (QED) is 0.512. The Morgan fingerprint density at radius 2 is 1.83 bits per heavy atom. The molecule has 0 atom stereocenters. The fourth-order valence-corrected chi connectivity index (χ4v) is 2.09. The van der Waals surface area contributed by atoms with Gasteiger partial charge in [-0.1, -0.05) is 13.3 Å². The van der Waals surface area contributed by atoms with E-state index in [1.54, 1.807) is 26.1 Å². The molecule has 1 aromatic rings. The maximum Gasteiger partial charge on any atom is 0.340 e. The molecule has 0 aliphatic carbocycles. The Bertz CT molecular complexity index is 558. The number of carbonyl (C=O) groups excluding carboxylic acids is 2. The van der Waals surface area contributed by atoms with E-state index >= 15 is 0 Å². The maximum absolute atomic E-state index is 12.4. The summed E-state index contributed by atoms with van der Waals surface area (Å²) >= 11 is 0. The molecule has 6 nitrogen and oxygen atoms in total. The minimum Gasteiger partial charge on any atom is -0.462 e. The molecule has 6 heteroatoms. The molecule has 0 aliphatic rings. The zero-order chi connectivity index (χ0) is 18.1. The molecule has 1 rings (SSSR count). The van der Waals surface area contributed by atoms with Crippen molar-refractivity contribution in [2.45, 2.75) is 26.7 Å². The van der Waals surface area contributed by atoms with Crippen molar-refractivity contribution < 1.29 is 19.1 Å². The number of carbonyl (C=O) groups is 2. The molecule has 1 amide bonds. The van der Waals surface area contributed by atoms with Gasteiger partial charge in [0.1, 0.15) is 6.61 Å². The number of hydrogen-bond acceptors (Lipinski definition) is 5. The minimum absolute atomic E-state index is 0.00897. The number of hydrogen-bond donors (Lipinski definition) is 0.